The van der Waals surface area contributed by atoms with Gasteiger partial charge in [-0.2, -0.15) is 0 Å². The van der Waals surface area contributed by atoms with Crippen molar-refractivity contribution in [2.24, 2.45) is 5.92 Å². The first-order valence-corrected chi connectivity index (χ1v) is 12.7. The van der Waals surface area contributed by atoms with Crippen LogP contribution >= 0.6 is 11.6 Å². The Bertz CT molecular complexity index is 891. The molecule has 0 radical (unpaired) electrons. The third-order valence-electron chi connectivity index (χ3n) is 6.78. The Morgan fingerprint density at radius 2 is 2.18 bits per heavy atom. The van der Waals surface area contributed by atoms with Crippen molar-refractivity contribution in [2.75, 3.05) is 33.2 Å². The number of benzene rings is 1. The van der Waals surface area contributed by atoms with E-state index in [2.05, 4.69) is 26.7 Å². The van der Waals surface area contributed by atoms with Crippen LogP contribution in [0.5, 0.6) is 0 Å². The van der Waals surface area contributed by atoms with Crippen LogP contribution in [0.15, 0.2) is 36.8 Å². The molecule has 0 bridgehead atoms. The largest absolute Gasteiger partial charge is 0.348 e. The van der Waals surface area contributed by atoms with Crippen LogP contribution in [0.4, 0.5) is 0 Å². The fraction of sp³-hybridized carbons (Fsp3) is 0.577. The number of H-pyrrole nitrogens is 1. The zero-order valence-electron chi connectivity index (χ0n) is 20.5. The fourth-order valence-corrected chi connectivity index (χ4v) is 5.04. The third kappa shape index (κ3) is 8.13. The van der Waals surface area contributed by atoms with E-state index in [4.69, 9.17) is 11.6 Å². The van der Waals surface area contributed by atoms with Gasteiger partial charge in [-0.3, -0.25) is 9.59 Å². The summed E-state index contributed by atoms with van der Waals surface area (Å²) < 4.78 is 0. The number of amides is 2. The number of nitrogens with zero attached hydrogens (tertiary/aromatic N) is 4. The molecule has 1 N–H and O–H groups in total. The van der Waals surface area contributed by atoms with Crippen molar-refractivity contribution in [1.29, 1.82) is 0 Å². The van der Waals surface area contributed by atoms with Crippen LogP contribution in [0.1, 0.15) is 50.3 Å². The lowest BCUT2D eigenvalue weighted by Crippen LogP contribution is -2.42. The molecule has 1 unspecified atom stereocenters. The predicted molar refractivity (Wildman–Crippen MR) is 135 cm³/mol. The Labute approximate surface area is 208 Å². The quantitative estimate of drug-likeness (QED) is 0.543. The molecule has 2 amide bonds. The van der Waals surface area contributed by atoms with E-state index in [9.17, 15) is 9.59 Å². The van der Waals surface area contributed by atoms with Crippen molar-refractivity contribution in [3.63, 3.8) is 0 Å². The number of imidazole rings is 1. The Balaban J connectivity index is 0.000000229. The maximum atomic E-state index is 12.5. The van der Waals surface area contributed by atoms with Crippen LogP contribution in [0.25, 0.3) is 0 Å². The molecule has 0 saturated carbocycles. The number of hydrogen-bond acceptors (Lipinski definition) is 4. The molecule has 7 nitrogen and oxygen atoms in total. The number of halogens is 1. The van der Waals surface area contributed by atoms with E-state index in [1.54, 1.807) is 18.3 Å². The Hall–Kier alpha value is -2.38. The fourth-order valence-electron chi connectivity index (χ4n) is 4.83. The highest BCUT2D eigenvalue weighted by Crippen LogP contribution is 2.24. The molecule has 8 heteroatoms. The first kappa shape index (κ1) is 26.2. The predicted octanol–water partition coefficient (Wildman–Crippen LogP) is 3.99. The molecule has 2 fully saturated rings. The maximum absolute atomic E-state index is 12.5. The molecular weight excluding hydrogens is 450 g/mol. The second kappa shape index (κ2) is 13.5. The van der Waals surface area contributed by atoms with Gasteiger partial charge in [0.05, 0.1) is 6.33 Å². The lowest BCUT2D eigenvalue weighted by atomic mass is 10.1. The molecule has 186 valence electrons. The van der Waals surface area contributed by atoms with E-state index in [1.165, 1.54) is 32.4 Å². The van der Waals surface area contributed by atoms with Crippen molar-refractivity contribution >= 4 is 23.9 Å². The zero-order chi connectivity index (χ0) is 24.3. The van der Waals surface area contributed by atoms with Gasteiger partial charge in [0.15, 0.2) is 0 Å². The lowest BCUT2D eigenvalue weighted by molar-refractivity contribution is -0.132. The van der Waals surface area contributed by atoms with E-state index in [-0.39, 0.29) is 0 Å². The number of aromatic nitrogens is 2. The number of rotatable bonds is 9. The van der Waals surface area contributed by atoms with Gasteiger partial charge >= 0.3 is 0 Å². The van der Waals surface area contributed by atoms with Crippen molar-refractivity contribution in [1.82, 2.24) is 24.7 Å². The molecule has 2 saturated heterocycles. The van der Waals surface area contributed by atoms with Gasteiger partial charge in [0.25, 0.3) is 0 Å². The summed E-state index contributed by atoms with van der Waals surface area (Å²) >= 11 is 5.76. The summed E-state index contributed by atoms with van der Waals surface area (Å²) in [5, 5.41) is 0.701. The minimum atomic E-state index is 0.309. The van der Waals surface area contributed by atoms with Gasteiger partial charge in [0.1, 0.15) is 0 Å². The highest BCUT2D eigenvalue weighted by Gasteiger charge is 2.31. The average molecular weight is 488 g/mol. The summed E-state index contributed by atoms with van der Waals surface area (Å²) in [5.74, 6) is 1.18. The van der Waals surface area contributed by atoms with E-state index >= 15 is 0 Å². The molecule has 2 aliphatic rings. The van der Waals surface area contributed by atoms with Crippen LogP contribution in [-0.2, 0) is 22.6 Å². The highest BCUT2D eigenvalue weighted by molar-refractivity contribution is 6.30. The van der Waals surface area contributed by atoms with Gasteiger partial charge in [-0.1, -0.05) is 37.1 Å². The van der Waals surface area contributed by atoms with Gasteiger partial charge < -0.3 is 19.7 Å². The third-order valence-corrected chi connectivity index (χ3v) is 7.01. The highest BCUT2D eigenvalue weighted by atomic mass is 35.5. The van der Waals surface area contributed by atoms with Crippen molar-refractivity contribution in [2.45, 2.75) is 58.0 Å². The number of aryl methyl sites for hydroxylation is 1. The first-order chi connectivity index (χ1) is 16.5. The number of nitrogens with one attached hydrogen (secondary N) is 1. The SMILES string of the molecule is CCC1CCN(C[C@@H]2CCCN2C(=O)CCc2cnc[nH]2)C1.CN(C=O)Cc1cccc(Cl)c1. The molecule has 4 rings (SSSR count). The Morgan fingerprint density at radius 1 is 1.32 bits per heavy atom. The molecule has 2 aromatic rings. The van der Waals surface area contributed by atoms with Crippen LogP contribution in [0, 0.1) is 5.92 Å². The first-order valence-electron chi connectivity index (χ1n) is 12.4. The molecule has 3 heterocycles. The van der Waals surface area contributed by atoms with E-state index < -0.39 is 0 Å². The summed E-state index contributed by atoms with van der Waals surface area (Å²) in [4.78, 5) is 36.2. The number of carbonyl (C=O) groups is 2. The number of hydrogen-bond donors (Lipinski definition) is 1. The second-order valence-electron chi connectivity index (χ2n) is 9.43. The normalized spacial score (nSPS) is 20.1. The molecular formula is C26H38ClN5O2. The van der Waals surface area contributed by atoms with Crippen molar-refractivity contribution in [3.05, 3.63) is 53.1 Å². The van der Waals surface area contributed by atoms with Crippen LogP contribution in [0.2, 0.25) is 5.02 Å². The van der Waals surface area contributed by atoms with E-state index in [0.29, 0.717) is 29.9 Å². The smallest absolute Gasteiger partial charge is 0.223 e. The maximum Gasteiger partial charge on any atom is 0.223 e. The average Bonchev–Trinajstić information content (AvgIpc) is 3.60. The molecule has 1 aromatic heterocycles. The number of aromatic amines is 1. The standard InChI is InChI=1S/C17H28N4O.C9H10ClNO/c1-2-14-7-9-20(11-14)12-16-4-3-8-21(16)17(22)6-5-15-10-18-13-19-15;1-11(7-12)6-8-3-2-4-9(10)5-8/h10,13-14,16H,2-9,11-12H2,1H3,(H,18,19);2-5,7H,6H2,1H3/t14?,16-;/m0./s1. The van der Waals surface area contributed by atoms with Gasteiger partial charge in [0.2, 0.25) is 12.3 Å². The summed E-state index contributed by atoms with van der Waals surface area (Å²) in [6.07, 6.45) is 10.6. The van der Waals surface area contributed by atoms with Crippen LogP contribution < -0.4 is 0 Å². The van der Waals surface area contributed by atoms with Gasteiger partial charge in [0, 0.05) is 62.6 Å². The van der Waals surface area contributed by atoms with E-state index in [1.807, 2.05) is 30.5 Å². The second-order valence-corrected chi connectivity index (χ2v) is 9.87. The van der Waals surface area contributed by atoms with E-state index in [0.717, 1.165) is 49.5 Å². The van der Waals surface area contributed by atoms with Crippen molar-refractivity contribution < 1.29 is 9.59 Å². The zero-order valence-corrected chi connectivity index (χ0v) is 21.2. The number of carbonyl (C=O) groups excluding carboxylic acids is 2. The summed E-state index contributed by atoms with van der Waals surface area (Å²) in [5.41, 5.74) is 2.09. The van der Waals surface area contributed by atoms with Crippen LogP contribution in [-0.4, -0.2) is 76.3 Å². The Morgan fingerprint density at radius 3 is 2.85 bits per heavy atom. The summed E-state index contributed by atoms with van der Waals surface area (Å²) in [6, 6.07) is 7.90. The molecule has 1 aromatic carbocycles. The molecule has 0 spiro atoms. The Kier molecular flexibility index (Phi) is 10.4. The number of likely N-dealkylation sites (tertiary alicyclic amines) is 2. The van der Waals surface area contributed by atoms with Gasteiger partial charge in [-0.25, -0.2) is 4.98 Å². The van der Waals surface area contributed by atoms with Crippen molar-refractivity contribution in [3.8, 4) is 0 Å². The summed E-state index contributed by atoms with van der Waals surface area (Å²) in [7, 11) is 1.73. The topological polar surface area (TPSA) is 72.5 Å². The van der Waals surface area contributed by atoms with Crippen LogP contribution in [0.3, 0.4) is 0 Å². The summed E-state index contributed by atoms with van der Waals surface area (Å²) in [6.45, 7) is 7.34. The molecule has 2 aliphatic heterocycles. The minimum Gasteiger partial charge on any atom is -0.348 e. The van der Waals surface area contributed by atoms with Gasteiger partial charge in [-0.05, 0) is 55.8 Å². The van der Waals surface area contributed by atoms with Gasteiger partial charge in [-0.15, -0.1) is 0 Å². The molecule has 34 heavy (non-hydrogen) atoms. The molecule has 2 atom stereocenters. The minimum absolute atomic E-state index is 0.309. The lowest BCUT2D eigenvalue weighted by Gasteiger charge is -2.28. The molecule has 0 aliphatic carbocycles. The monoisotopic (exact) mass is 487 g/mol.